The van der Waals surface area contributed by atoms with E-state index in [1.165, 1.54) is 0 Å². The Balaban J connectivity index is 4.32. The summed E-state index contributed by atoms with van der Waals surface area (Å²) in [6.45, 7) is -2.16. The molecule has 0 aromatic heterocycles. The molecule has 0 aromatic rings. The Morgan fingerprint density at radius 2 is 1.93 bits per heavy atom. The Morgan fingerprint density at radius 3 is 2.29 bits per heavy atom. The van der Waals surface area contributed by atoms with Gasteiger partial charge in [-0.25, -0.2) is 4.79 Å². The molecule has 0 unspecified atom stereocenters. The summed E-state index contributed by atoms with van der Waals surface area (Å²) >= 11 is 0. The second kappa shape index (κ2) is 4.94. The number of nitro groups is 2. The molecule has 0 aliphatic carbocycles. The highest BCUT2D eigenvalue weighted by molar-refractivity contribution is 5.32. The summed E-state index contributed by atoms with van der Waals surface area (Å²) in [5.41, 5.74) is 0. The third-order valence-corrected chi connectivity index (χ3v) is 1.07. The molecule has 14 heavy (non-hydrogen) atoms. The zero-order chi connectivity index (χ0) is 11.2. The Morgan fingerprint density at radius 1 is 1.43 bits per heavy atom. The minimum atomic E-state index is -3.92. The standard InChI is InChI=1S/C4H4FN3O6/c5-4(7(10)11,8(12)13)1-14-3-6-2-9/h1,3H2. The predicted molar refractivity (Wildman–Crippen MR) is 36.8 cm³/mol. The number of rotatable bonds is 6. The first-order valence-corrected chi connectivity index (χ1v) is 3.04. The molecule has 0 heterocycles. The Hall–Kier alpha value is -1.93. The SMILES string of the molecule is O=C=NCOCC(F)([N+](=O)[O-])[N+](=O)[O-]. The van der Waals surface area contributed by atoms with Crippen LogP contribution in [0.5, 0.6) is 0 Å². The maximum absolute atomic E-state index is 12.8. The van der Waals surface area contributed by atoms with E-state index in [4.69, 9.17) is 0 Å². The molecule has 0 rings (SSSR count). The van der Waals surface area contributed by atoms with Crippen LogP contribution in [0.3, 0.4) is 0 Å². The van der Waals surface area contributed by atoms with Crippen molar-refractivity contribution in [2.45, 2.75) is 5.92 Å². The van der Waals surface area contributed by atoms with Crippen molar-refractivity contribution in [1.29, 1.82) is 0 Å². The van der Waals surface area contributed by atoms with Crippen LogP contribution in [-0.4, -0.2) is 35.2 Å². The number of alkyl halides is 1. The van der Waals surface area contributed by atoms with Gasteiger partial charge < -0.3 is 4.74 Å². The van der Waals surface area contributed by atoms with E-state index in [-0.39, 0.29) is 0 Å². The molecule has 0 N–H and O–H groups in total. The van der Waals surface area contributed by atoms with Crippen molar-refractivity contribution in [2.24, 2.45) is 4.99 Å². The molecule has 0 saturated heterocycles. The average Bonchev–Trinajstić information content (AvgIpc) is 2.11. The molecule has 0 aromatic carbocycles. The van der Waals surface area contributed by atoms with Gasteiger partial charge in [0.15, 0.2) is 6.73 Å². The lowest BCUT2D eigenvalue weighted by Gasteiger charge is -2.06. The van der Waals surface area contributed by atoms with Crippen LogP contribution in [0.4, 0.5) is 4.39 Å². The van der Waals surface area contributed by atoms with Gasteiger partial charge in [-0.05, 0) is 0 Å². The number of aliphatic imine (C=N–C) groups is 1. The highest BCUT2D eigenvalue weighted by atomic mass is 19.2. The molecule has 0 spiro atoms. The van der Waals surface area contributed by atoms with Gasteiger partial charge in [-0.3, -0.25) is 20.2 Å². The van der Waals surface area contributed by atoms with E-state index in [1.54, 1.807) is 0 Å². The molecule has 0 atom stereocenters. The van der Waals surface area contributed by atoms with Crippen molar-refractivity contribution in [3.8, 4) is 0 Å². The molecule has 0 fully saturated rings. The van der Waals surface area contributed by atoms with E-state index < -0.39 is 29.1 Å². The molecule has 0 radical (unpaired) electrons. The van der Waals surface area contributed by atoms with Gasteiger partial charge in [-0.2, -0.15) is 4.99 Å². The van der Waals surface area contributed by atoms with Gasteiger partial charge in [0.05, 0.1) is 0 Å². The monoisotopic (exact) mass is 209 g/mol. The maximum Gasteiger partial charge on any atom is 0.637 e. The quantitative estimate of drug-likeness (QED) is 0.110. The third kappa shape index (κ3) is 2.84. The summed E-state index contributed by atoms with van der Waals surface area (Å²) in [6, 6.07) is 0. The highest BCUT2D eigenvalue weighted by Gasteiger charge is 2.58. The number of nitrogens with zero attached hydrogens (tertiary/aromatic N) is 3. The summed E-state index contributed by atoms with van der Waals surface area (Å²) < 4.78 is 16.9. The topological polar surface area (TPSA) is 125 Å². The van der Waals surface area contributed by atoms with Gasteiger partial charge in [0.1, 0.15) is 9.85 Å². The molecule has 0 aliphatic rings. The van der Waals surface area contributed by atoms with E-state index in [2.05, 4.69) is 9.73 Å². The highest BCUT2D eigenvalue weighted by Crippen LogP contribution is 2.13. The second-order valence-corrected chi connectivity index (χ2v) is 1.96. The van der Waals surface area contributed by atoms with Crippen LogP contribution in [0, 0.1) is 20.2 Å². The number of ether oxygens (including phenoxy) is 1. The van der Waals surface area contributed by atoms with Crippen molar-refractivity contribution >= 4 is 6.08 Å². The molecule has 0 saturated carbocycles. The second-order valence-electron chi connectivity index (χ2n) is 1.96. The van der Waals surface area contributed by atoms with Crippen LogP contribution >= 0.6 is 0 Å². The van der Waals surface area contributed by atoms with E-state index in [0.29, 0.717) is 0 Å². The number of isocyanates is 1. The van der Waals surface area contributed by atoms with E-state index in [9.17, 15) is 29.4 Å². The fourth-order valence-electron chi connectivity index (χ4n) is 0.420. The molecule has 9 nitrogen and oxygen atoms in total. The first-order valence-electron chi connectivity index (χ1n) is 3.04. The van der Waals surface area contributed by atoms with Crippen molar-refractivity contribution in [3.05, 3.63) is 20.2 Å². The first-order chi connectivity index (χ1) is 6.45. The molecule has 78 valence electrons. The Labute approximate surface area is 75.5 Å². The summed E-state index contributed by atoms with van der Waals surface area (Å²) in [5.74, 6) is -3.92. The number of hydrogen-bond acceptors (Lipinski definition) is 7. The zero-order valence-corrected chi connectivity index (χ0v) is 6.58. The van der Waals surface area contributed by atoms with Crippen molar-refractivity contribution in [2.75, 3.05) is 13.3 Å². The molecular weight excluding hydrogens is 205 g/mol. The Bertz CT molecular complexity index is 273. The normalized spacial score (nSPS) is 10.4. The molecule has 0 amide bonds. The summed E-state index contributed by atoms with van der Waals surface area (Å²) in [5, 5.41) is 19.9. The van der Waals surface area contributed by atoms with Gasteiger partial charge in [-0.15, -0.1) is 0 Å². The summed E-state index contributed by atoms with van der Waals surface area (Å²) in [7, 11) is 0. The van der Waals surface area contributed by atoms with Crippen LogP contribution in [0.1, 0.15) is 0 Å². The van der Waals surface area contributed by atoms with Crippen LogP contribution < -0.4 is 0 Å². The molecule has 0 bridgehead atoms. The lowest BCUT2D eigenvalue weighted by molar-refractivity contribution is -0.833. The zero-order valence-electron chi connectivity index (χ0n) is 6.58. The predicted octanol–water partition coefficient (Wildman–Crippen LogP) is -0.527. The van der Waals surface area contributed by atoms with Crippen LogP contribution in [-0.2, 0) is 9.53 Å². The van der Waals surface area contributed by atoms with Crippen molar-refractivity contribution in [3.63, 3.8) is 0 Å². The lowest BCUT2D eigenvalue weighted by Crippen LogP contribution is -2.46. The van der Waals surface area contributed by atoms with Gasteiger partial charge >= 0.3 is 5.92 Å². The Kier molecular flexibility index (Phi) is 4.26. The first kappa shape index (κ1) is 12.1. The van der Waals surface area contributed by atoms with Gasteiger partial charge in [-0.1, -0.05) is 4.39 Å². The smallest absolute Gasteiger partial charge is 0.340 e. The molecular formula is C4H4FN3O6. The van der Waals surface area contributed by atoms with Crippen molar-refractivity contribution < 1.29 is 23.8 Å². The number of hydrogen-bond donors (Lipinski definition) is 0. The largest absolute Gasteiger partial charge is 0.637 e. The van der Waals surface area contributed by atoms with E-state index in [0.717, 1.165) is 6.08 Å². The fraction of sp³-hybridized carbons (Fsp3) is 0.750. The fourth-order valence-corrected chi connectivity index (χ4v) is 0.420. The maximum atomic E-state index is 12.8. The van der Waals surface area contributed by atoms with Crippen molar-refractivity contribution in [1.82, 2.24) is 0 Å². The molecule has 0 aliphatic heterocycles. The molecule has 10 heteroatoms. The number of halogens is 1. The average molecular weight is 209 g/mol. The number of carbonyl (C=O) groups excluding carboxylic acids is 1. The summed E-state index contributed by atoms with van der Waals surface area (Å²) in [4.78, 5) is 28.6. The van der Waals surface area contributed by atoms with Crippen LogP contribution in [0.15, 0.2) is 4.99 Å². The lowest BCUT2D eigenvalue weighted by atomic mass is 10.5. The van der Waals surface area contributed by atoms with Crippen LogP contribution in [0.25, 0.3) is 0 Å². The third-order valence-electron chi connectivity index (χ3n) is 1.07. The van der Waals surface area contributed by atoms with Crippen LogP contribution in [0.2, 0.25) is 0 Å². The van der Waals surface area contributed by atoms with Gasteiger partial charge in [0, 0.05) is 0 Å². The van der Waals surface area contributed by atoms with Gasteiger partial charge in [0.2, 0.25) is 12.7 Å². The van der Waals surface area contributed by atoms with E-state index in [1.807, 2.05) is 0 Å². The van der Waals surface area contributed by atoms with Gasteiger partial charge in [0.25, 0.3) is 0 Å². The van der Waals surface area contributed by atoms with E-state index >= 15 is 0 Å². The summed E-state index contributed by atoms with van der Waals surface area (Å²) in [6.07, 6.45) is 1.00. The minimum Gasteiger partial charge on any atom is -0.340 e. The minimum absolute atomic E-state index is 0.725.